The standard InChI is InChI=1S/C8H10ClF3N2O/c1-4(2)14-6(5(9)3-13-14)7(15)8(10,11)12/h3-4,7,15H,1-2H3/t7-/m1/s1. The summed E-state index contributed by atoms with van der Waals surface area (Å²) in [4.78, 5) is 0. The van der Waals surface area contributed by atoms with Gasteiger partial charge >= 0.3 is 6.18 Å². The van der Waals surface area contributed by atoms with E-state index in [1.807, 2.05) is 0 Å². The molecule has 7 heteroatoms. The number of nitrogens with zero attached hydrogens (tertiary/aromatic N) is 2. The van der Waals surface area contributed by atoms with Crippen molar-refractivity contribution in [1.82, 2.24) is 9.78 Å². The predicted molar refractivity (Wildman–Crippen MR) is 48.6 cm³/mol. The number of aromatic nitrogens is 2. The van der Waals surface area contributed by atoms with Crippen LogP contribution >= 0.6 is 11.6 Å². The lowest BCUT2D eigenvalue weighted by Gasteiger charge is -2.18. The minimum absolute atomic E-state index is 0.187. The number of alkyl halides is 3. The summed E-state index contributed by atoms with van der Waals surface area (Å²) in [7, 11) is 0. The molecule has 0 bridgehead atoms. The van der Waals surface area contributed by atoms with Crippen LogP contribution in [0.3, 0.4) is 0 Å². The van der Waals surface area contributed by atoms with Gasteiger partial charge in [-0.15, -0.1) is 0 Å². The zero-order valence-corrected chi connectivity index (χ0v) is 8.84. The number of hydrogen-bond acceptors (Lipinski definition) is 2. The van der Waals surface area contributed by atoms with Crippen LogP contribution in [0.1, 0.15) is 31.7 Å². The topological polar surface area (TPSA) is 38.0 Å². The maximum absolute atomic E-state index is 12.3. The second kappa shape index (κ2) is 4.02. The molecule has 86 valence electrons. The van der Waals surface area contributed by atoms with Gasteiger partial charge in [0.25, 0.3) is 0 Å². The van der Waals surface area contributed by atoms with E-state index < -0.39 is 18.0 Å². The molecule has 0 unspecified atom stereocenters. The molecule has 1 N–H and O–H groups in total. The first-order chi connectivity index (χ1) is 6.75. The predicted octanol–water partition coefficient (Wildman–Crippen LogP) is 2.71. The molecule has 0 spiro atoms. The molecule has 1 atom stereocenters. The third kappa shape index (κ3) is 2.43. The van der Waals surface area contributed by atoms with Crippen LogP contribution in [0.4, 0.5) is 13.2 Å². The molecular formula is C8H10ClF3N2O. The van der Waals surface area contributed by atoms with Crippen molar-refractivity contribution in [1.29, 1.82) is 0 Å². The van der Waals surface area contributed by atoms with Crippen molar-refractivity contribution >= 4 is 11.6 Å². The first-order valence-electron chi connectivity index (χ1n) is 4.22. The Morgan fingerprint density at radius 1 is 1.47 bits per heavy atom. The van der Waals surface area contributed by atoms with Crippen LogP contribution in [-0.4, -0.2) is 21.1 Å². The summed E-state index contributed by atoms with van der Waals surface area (Å²) in [5.41, 5.74) is -0.417. The Labute approximate surface area is 89.5 Å². The average Bonchev–Trinajstić information content (AvgIpc) is 2.44. The molecule has 0 saturated heterocycles. The maximum atomic E-state index is 12.3. The van der Waals surface area contributed by atoms with Gasteiger partial charge < -0.3 is 5.11 Å². The molecule has 3 nitrogen and oxygen atoms in total. The third-order valence-corrected chi connectivity index (χ3v) is 2.14. The highest BCUT2D eigenvalue weighted by Crippen LogP contribution is 2.36. The maximum Gasteiger partial charge on any atom is 0.420 e. The molecule has 0 radical (unpaired) electrons. The molecule has 0 fully saturated rings. The first kappa shape index (κ1) is 12.3. The molecule has 1 rings (SSSR count). The molecule has 0 aliphatic rings. The lowest BCUT2D eigenvalue weighted by atomic mass is 10.2. The number of hydrogen-bond donors (Lipinski definition) is 1. The van der Waals surface area contributed by atoms with Crippen molar-refractivity contribution in [2.45, 2.75) is 32.2 Å². The Morgan fingerprint density at radius 3 is 2.40 bits per heavy atom. The van der Waals surface area contributed by atoms with Crippen LogP contribution in [0, 0.1) is 0 Å². The average molecular weight is 243 g/mol. The van der Waals surface area contributed by atoms with Crippen molar-refractivity contribution in [3.63, 3.8) is 0 Å². The zero-order valence-electron chi connectivity index (χ0n) is 8.09. The van der Waals surface area contributed by atoms with Crippen LogP contribution in [0.2, 0.25) is 5.02 Å². The minimum atomic E-state index is -4.74. The minimum Gasteiger partial charge on any atom is -0.378 e. The zero-order chi connectivity index (χ0) is 11.8. The molecule has 15 heavy (non-hydrogen) atoms. The number of aliphatic hydroxyl groups is 1. The van der Waals surface area contributed by atoms with Gasteiger partial charge in [0.1, 0.15) is 0 Å². The van der Waals surface area contributed by atoms with E-state index >= 15 is 0 Å². The number of rotatable bonds is 2. The van der Waals surface area contributed by atoms with E-state index in [4.69, 9.17) is 16.7 Å². The lowest BCUT2D eigenvalue weighted by molar-refractivity contribution is -0.209. The van der Waals surface area contributed by atoms with Crippen molar-refractivity contribution < 1.29 is 18.3 Å². The molecule has 0 aromatic carbocycles. The third-order valence-electron chi connectivity index (χ3n) is 1.85. The molecule has 1 aromatic rings. The quantitative estimate of drug-likeness (QED) is 0.866. The number of halogens is 4. The highest BCUT2D eigenvalue weighted by atomic mass is 35.5. The molecule has 0 aliphatic heterocycles. The van der Waals surface area contributed by atoms with Gasteiger partial charge in [0.15, 0.2) is 6.10 Å². The van der Waals surface area contributed by atoms with Gasteiger partial charge in [0, 0.05) is 6.04 Å². The van der Waals surface area contributed by atoms with E-state index in [9.17, 15) is 13.2 Å². The Balaban J connectivity index is 3.18. The van der Waals surface area contributed by atoms with Crippen LogP contribution in [0.25, 0.3) is 0 Å². The SMILES string of the molecule is CC(C)n1ncc(Cl)c1[C@@H](O)C(F)(F)F. The Kier molecular flexibility index (Phi) is 3.30. The van der Waals surface area contributed by atoms with E-state index in [1.54, 1.807) is 13.8 Å². The van der Waals surface area contributed by atoms with E-state index in [2.05, 4.69) is 5.10 Å². The lowest BCUT2D eigenvalue weighted by Crippen LogP contribution is -2.24. The van der Waals surface area contributed by atoms with E-state index in [0.717, 1.165) is 10.9 Å². The van der Waals surface area contributed by atoms with Crippen molar-refractivity contribution in [3.05, 3.63) is 16.9 Å². The normalized spacial score (nSPS) is 14.7. The second-order valence-electron chi connectivity index (χ2n) is 3.36. The largest absolute Gasteiger partial charge is 0.420 e. The fraction of sp³-hybridized carbons (Fsp3) is 0.625. The molecule has 0 aliphatic carbocycles. The van der Waals surface area contributed by atoms with Crippen LogP contribution < -0.4 is 0 Å². The highest BCUT2D eigenvalue weighted by Gasteiger charge is 2.42. The summed E-state index contributed by atoms with van der Waals surface area (Å²) in [6.45, 7) is 3.30. The Morgan fingerprint density at radius 2 is 2.00 bits per heavy atom. The van der Waals surface area contributed by atoms with Crippen molar-refractivity contribution in [2.75, 3.05) is 0 Å². The van der Waals surface area contributed by atoms with Gasteiger partial charge in [-0.05, 0) is 13.8 Å². The smallest absolute Gasteiger partial charge is 0.378 e. The van der Waals surface area contributed by atoms with Crippen LogP contribution in [-0.2, 0) is 0 Å². The summed E-state index contributed by atoms with van der Waals surface area (Å²) in [5, 5.41) is 12.6. The summed E-state index contributed by atoms with van der Waals surface area (Å²) < 4.78 is 37.9. The van der Waals surface area contributed by atoms with Gasteiger partial charge in [0.05, 0.1) is 16.9 Å². The molecule has 0 saturated carbocycles. The fourth-order valence-electron chi connectivity index (χ4n) is 1.17. The Bertz CT molecular complexity index is 348. The summed E-state index contributed by atoms with van der Waals surface area (Å²) in [6, 6.07) is -0.301. The summed E-state index contributed by atoms with van der Waals surface area (Å²) >= 11 is 5.55. The summed E-state index contributed by atoms with van der Waals surface area (Å²) in [6.07, 6.45) is -6.25. The molecule has 0 amide bonds. The fourth-order valence-corrected chi connectivity index (χ4v) is 1.41. The van der Waals surface area contributed by atoms with Gasteiger partial charge in [-0.25, -0.2) is 0 Å². The van der Waals surface area contributed by atoms with E-state index in [0.29, 0.717) is 0 Å². The monoisotopic (exact) mass is 242 g/mol. The number of aliphatic hydroxyl groups excluding tert-OH is 1. The van der Waals surface area contributed by atoms with Crippen molar-refractivity contribution in [2.24, 2.45) is 0 Å². The second-order valence-corrected chi connectivity index (χ2v) is 3.77. The van der Waals surface area contributed by atoms with Crippen molar-refractivity contribution in [3.8, 4) is 0 Å². The van der Waals surface area contributed by atoms with Gasteiger partial charge in [0.2, 0.25) is 0 Å². The molecular weight excluding hydrogens is 233 g/mol. The van der Waals surface area contributed by atoms with Crippen LogP contribution in [0.5, 0.6) is 0 Å². The Hall–Kier alpha value is -0.750. The van der Waals surface area contributed by atoms with E-state index in [1.165, 1.54) is 0 Å². The first-order valence-corrected chi connectivity index (χ1v) is 4.60. The highest BCUT2D eigenvalue weighted by molar-refractivity contribution is 6.31. The van der Waals surface area contributed by atoms with Crippen LogP contribution in [0.15, 0.2) is 6.20 Å². The van der Waals surface area contributed by atoms with Gasteiger partial charge in [-0.1, -0.05) is 11.6 Å². The molecule has 1 heterocycles. The summed E-state index contributed by atoms with van der Waals surface area (Å²) in [5.74, 6) is 0. The van der Waals surface area contributed by atoms with E-state index in [-0.39, 0.29) is 11.1 Å². The van der Waals surface area contributed by atoms with Gasteiger partial charge in [-0.2, -0.15) is 18.3 Å². The molecule has 1 aromatic heterocycles. The van der Waals surface area contributed by atoms with Gasteiger partial charge in [-0.3, -0.25) is 4.68 Å².